The first-order valence-corrected chi connectivity index (χ1v) is 16.7. The van der Waals surface area contributed by atoms with E-state index in [0.717, 1.165) is 74.7 Å². The van der Waals surface area contributed by atoms with Crippen LogP contribution in [0, 0.1) is 13.8 Å². The number of hydrogen-bond donors (Lipinski definition) is 2. The molecule has 248 valence electrons. The van der Waals surface area contributed by atoms with Crippen LogP contribution in [0.1, 0.15) is 81.7 Å². The highest BCUT2D eigenvalue weighted by molar-refractivity contribution is 6.48. The predicted molar refractivity (Wildman–Crippen MR) is 191 cm³/mol. The van der Waals surface area contributed by atoms with Crippen LogP contribution in [0.2, 0.25) is 0 Å². The number of carboxylic acids is 1. The summed E-state index contributed by atoms with van der Waals surface area (Å²) in [6.45, 7) is 7.24. The number of nitrogens with zero attached hydrogens (tertiary/aromatic N) is 4. The Morgan fingerprint density at radius 2 is 1.53 bits per heavy atom. The number of carbonyl (C=O) groups is 2. The molecule has 9 nitrogen and oxygen atoms in total. The number of fused-ring (bicyclic) bond motifs is 1. The number of aliphatic imine (C=N–C) groups is 1. The van der Waals surface area contributed by atoms with Crippen LogP contribution in [0.3, 0.4) is 0 Å². The van der Waals surface area contributed by atoms with Gasteiger partial charge in [0.15, 0.2) is 11.5 Å². The van der Waals surface area contributed by atoms with E-state index in [9.17, 15) is 14.4 Å². The number of aromatic nitrogens is 2. The second kappa shape index (κ2) is 17.2. The molecule has 0 saturated heterocycles. The molecule has 0 saturated carbocycles. The van der Waals surface area contributed by atoms with Crippen molar-refractivity contribution in [3.8, 4) is 0 Å². The molecule has 3 aromatic carbocycles. The Bertz CT molecular complexity index is 1780. The number of anilines is 2. The van der Waals surface area contributed by atoms with Gasteiger partial charge in [0.2, 0.25) is 0 Å². The normalized spacial score (nSPS) is 11.5. The summed E-state index contributed by atoms with van der Waals surface area (Å²) in [7, 11) is 2.03. The molecular weight excluding hydrogens is 590 g/mol. The minimum absolute atomic E-state index is 0.0807. The zero-order chi connectivity index (χ0) is 33.8. The van der Waals surface area contributed by atoms with Crippen LogP contribution in [0.25, 0.3) is 10.9 Å². The second-order valence-electron chi connectivity index (χ2n) is 12.1. The number of benzene rings is 3. The Hall–Kier alpha value is -4.79. The summed E-state index contributed by atoms with van der Waals surface area (Å²) in [6.07, 6.45) is 7.69. The third-order valence-corrected chi connectivity index (χ3v) is 8.53. The van der Waals surface area contributed by atoms with E-state index in [1.54, 1.807) is 16.7 Å². The van der Waals surface area contributed by atoms with Crippen LogP contribution >= 0.6 is 0 Å². The van der Waals surface area contributed by atoms with Gasteiger partial charge in [-0.3, -0.25) is 19.0 Å². The molecule has 1 heterocycles. The summed E-state index contributed by atoms with van der Waals surface area (Å²) < 4.78 is 1.61. The van der Waals surface area contributed by atoms with Gasteiger partial charge >= 0.3 is 5.97 Å². The molecule has 4 rings (SSSR count). The zero-order valence-corrected chi connectivity index (χ0v) is 28.1. The standard InChI is InChI=1S/C38H47N5O4/c1-5-42(4)29-23-24-32(28(3)26-29)39-35(37(46)41-31-20-15-13-18-27(31)2)36-40-33-21-16-14-19-30(33)38(47)43(36)25-17-11-9-7-6-8-10-12-22-34(44)45/h13-16,18-21,23-24,26H,5-12,17,22,25H2,1-4H3,(H,41,46)(H,44,45). The van der Waals surface area contributed by atoms with E-state index in [-0.39, 0.29) is 23.5 Å². The molecule has 1 aromatic heterocycles. The molecule has 0 unspecified atom stereocenters. The molecular formula is C38H47N5O4. The van der Waals surface area contributed by atoms with E-state index < -0.39 is 11.9 Å². The fraction of sp³-hybridized carbons (Fsp3) is 0.395. The van der Waals surface area contributed by atoms with Gasteiger partial charge in [-0.15, -0.1) is 0 Å². The highest BCUT2D eigenvalue weighted by Gasteiger charge is 2.23. The molecule has 1 amide bonds. The van der Waals surface area contributed by atoms with Crippen molar-refractivity contribution in [3.05, 3.63) is 94.0 Å². The van der Waals surface area contributed by atoms with Gasteiger partial charge in [-0.1, -0.05) is 68.9 Å². The van der Waals surface area contributed by atoms with Gasteiger partial charge in [0.1, 0.15) is 0 Å². The zero-order valence-electron chi connectivity index (χ0n) is 28.1. The van der Waals surface area contributed by atoms with Crippen molar-refractivity contribution >= 4 is 45.6 Å². The quantitative estimate of drug-likeness (QED) is 0.0901. The molecule has 4 aromatic rings. The van der Waals surface area contributed by atoms with Gasteiger partial charge in [0, 0.05) is 37.9 Å². The van der Waals surface area contributed by atoms with Gasteiger partial charge < -0.3 is 15.3 Å². The summed E-state index contributed by atoms with van der Waals surface area (Å²) in [5, 5.41) is 12.3. The van der Waals surface area contributed by atoms with Crippen molar-refractivity contribution in [2.45, 2.75) is 85.1 Å². The maximum atomic E-state index is 14.1. The first-order valence-electron chi connectivity index (χ1n) is 16.7. The molecule has 0 spiro atoms. The number of rotatable bonds is 17. The van der Waals surface area contributed by atoms with Crippen LogP contribution in [-0.2, 0) is 16.1 Å². The van der Waals surface area contributed by atoms with E-state index >= 15 is 0 Å². The predicted octanol–water partition coefficient (Wildman–Crippen LogP) is 7.82. The average molecular weight is 638 g/mol. The lowest BCUT2D eigenvalue weighted by Crippen LogP contribution is -2.34. The number of aliphatic carboxylic acids is 1. The third kappa shape index (κ3) is 9.61. The fourth-order valence-corrected chi connectivity index (χ4v) is 5.57. The number of carboxylic acid groups (broad SMARTS) is 1. The van der Waals surface area contributed by atoms with E-state index in [0.29, 0.717) is 28.8 Å². The van der Waals surface area contributed by atoms with Gasteiger partial charge in [-0.2, -0.15) is 0 Å². The van der Waals surface area contributed by atoms with Gasteiger partial charge in [0.25, 0.3) is 11.5 Å². The van der Waals surface area contributed by atoms with Crippen molar-refractivity contribution in [2.24, 2.45) is 4.99 Å². The molecule has 2 N–H and O–H groups in total. The smallest absolute Gasteiger partial charge is 0.303 e. The Morgan fingerprint density at radius 3 is 2.21 bits per heavy atom. The fourth-order valence-electron chi connectivity index (χ4n) is 5.57. The summed E-state index contributed by atoms with van der Waals surface area (Å²) in [5.41, 5.74) is 4.56. The lowest BCUT2D eigenvalue weighted by molar-refractivity contribution is -0.137. The Morgan fingerprint density at radius 1 is 0.872 bits per heavy atom. The van der Waals surface area contributed by atoms with Crippen molar-refractivity contribution < 1.29 is 14.7 Å². The molecule has 0 aliphatic heterocycles. The first-order chi connectivity index (χ1) is 22.7. The average Bonchev–Trinajstić information content (AvgIpc) is 3.06. The second-order valence-corrected chi connectivity index (χ2v) is 12.1. The van der Waals surface area contributed by atoms with Crippen molar-refractivity contribution in [3.63, 3.8) is 0 Å². The van der Waals surface area contributed by atoms with E-state index in [2.05, 4.69) is 17.1 Å². The number of amides is 1. The number of carbonyl (C=O) groups excluding carboxylic acids is 1. The molecule has 0 bridgehead atoms. The van der Waals surface area contributed by atoms with Crippen molar-refractivity contribution in [2.75, 3.05) is 23.8 Å². The molecule has 0 radical (unpaired) electrons. The third-order valence-electron chi connectivity index (χ3n) is 8.53. The highest BCUT2D eigenvalue weighted by Crippen LogP contribution is 2.26. The van der Waals surface area contributed by atoms with Gasteiger partial charge in [-0.25, -0.2) is 9.98 Å². The minimum atomic E-state index is -0.739. The topological polar surface area (TPSA) is 117 Å². The van der Waals surface area contributed by atoms with Crippen molar-refractivity contribution in [1.29, 1.82) is 0 Å². The van der Waals surface area contributed by atoms with E-state index in [1.807, 2.05) is 75.5 Å². The molecule has 0 atom stereocenters. The summed E-state index contributed by atoms with van der Waals surface area (Å²) >= 11 is 0. The Kier molecular flexibility index (Phi) is 12.8. The lowest BCUT2D eigenvalue weighted by atomic mass is 10.1. The molecule has 0 aliphatic carbocycles. The van der Waals surface area contributed by atoms with Crippen LogP contribution in [0.5, 0.6) is 0 Å². The number of aryl methyl sites for hydroxylation is 2. The minimum Gasteiger partial charge on any atom is -0.481 e. The Balaban J connectivity index is 1.67. The summed E-state index contributed by atoms with van der Waals surface area (Å²) in [6, 6.07) is 20.7. The summed E-state index contributed by atoms with van der Waals surface area (Å²) in [4.78, 5) is 50.7. The number of hydrogen-bond acceptors (Lipinski definition) is 6. The SMILES string of the molecule is CCN(C)c1ccc(N=C(C(=O)Nc2ccccc2C)c2nc3ccccc3c(=O)n2CCCCCCCCCCC(=O)O)c(C)c1. The lowest BCUT2D eigenvalue weighted by Gasteiger charge is -2.18. The van der Waals surface area contributed by atoms with Crippen molar-refractivity contribution in [1.82, 2.24) is 9.55 Å². The van der Waals surface area contributed by atoms with Gasteiger partial charge in [-0.05, 0) is 81.1 Å². The van der Waals surface area contributed by atoms with Crippen LogP contribution in [0.4, 0.5) is 17.1 Å². The summed E-state index contributed by atoms with van der Waals surface area (Å²) in [5.74, 6) is -0.934. The van der Waals surface area contributed by atoms with Gasteiger partial charge in [0.05, 0.1) is 16.6 Å². The maximum absolute atomic E-state index is 14.1. The Labute approximate surface area is 277 Å². The largest absolute Gasteiger partial charge is 0.481 e. The van der Waals surface area contributed by atoms with Crippen LogP contribution in [0.15, 0.2) is 76.5 Å². The molecule has 0 aliphatic rings. The number of nitrogens with one attached hydrogen (secondary N) is 1. The number of unbranched alkanes of at least 4 members (excludes halogenated alkanes) is 7. The molecule has 0 fully saturated rings. The van der Waals surface area contributed by atoms with Crippen LogP contribution < -0.4 is 15.8 Å². The number of para-hydroxylation sites is 2. The van der Waals surface area contributed by atoms with E-state index in [1.165, 1.54) is 0 Å². The monoisotopic (exact) mass is 637 g/mol. The first kappa shape index (κ1) is 35.1. The van der Waals surface area contributed by atoms with Crippen LogP contribution in [-0.4, -0.2) is 45.8 Å². The van der Waals surface area contributed by atoms with E-state index in [4.69, 9.17) is 15.1 Å². The maximum Gasteiger partial charge on any atom is 0.303 e. The molecule has 9 heteroatoms. The molecule has 47 heavy (non-hydrogen) atoms. The highest BCUT2D eigenvalue weighted by atomic mass is 16.4.